The molecule has 2 N–H and O–H groups in total. The fraction of sp³-hybridized carbons (Fsp3) is 0.412. The van der Waals surface area contributed by atoms with Gasteiger partial charge in [0.05, 0.1) is 0 Å². The van der Waals surface area contributed by atoms with Crippen LogP contribution in [0.2, 0.25) is 0 Å². The third-order valence-electron chi connectivity index (χ3n) is 3.67. The molecular weight excluding hydrogens is 260 g/mol. The fourth-order valence-corrected chi connectivity index (χ4v) is 2.29. The predicted molar refractivity (Wildman–Crippen MR) is 87.4 cm³/mol. The van der Waals surface area contributed by atoms with E-state index >= 15 is 0 Å². The summed E-state index contributed by atoms with van der Waals surface area (Å²) in [5, 5.41) is 0. The SMILES string of the molecule is CCC(N)Cc1cccnc1N(C)CCc1ccccn1. The van der Waals surface area contributed by atoms with Crippen molar-refractivity contribution in [3.8, 4) is 0 Å². The monoisotopic (exact) mass is 284 g/mol. The Balaban J connectivity index is 2.03. The van der Waals surface area contributed by atoms with Crippen LogP contribution in [0, 0.1) is 0 Å². The second kappa shape index (κ2) is 7.74. The number of nitrogens with two attached hydrogens (primary N) is 1. The lowest BCUT2D eigenvalue weighted by atomic mass is 10.1. The van der Waals surface area contributed by atoms with E-state index in [0.717, 1.165) is 37.3 Å². The van der Waals surface area contributed by atoms with Crippen LogP contribution < -0.4 is 10.6 Å². The van der Waals surface area contributed by atoms with Gasteiger partial charge in [-0.3, -0.25) is 4.98 Å². The highest BCUT2D eigenvalue weighted by Gasteiger charge is 2.11. The van der Waals surface area contributed by atoms with Crippen LogP contribution in [0.25, 0.3) is 0 Å². The van der Waals surface area contributed by atoms with Gasteiger partial charge >= 0.3 is 0 Å². The van der Waals surface area contributed by atoms with Crippen molar-refractivity contribution in [3.63, 3.8) is 0 Å². The van der Waals surface area contributed by atoms with Crippen LogP contribution in [0.1, 0.15) is 24.6 Å². The first-order valence-corrected chi connectivity index (χ1v) is 7.51. The summed E-state index contributed by atoms with van der Waals surface area (Å²) in [6.45, 7) is 3.01. The zero-order valence-corrected chi connectivity index (χ0v) is 12.9. The second-order valence-corrected chi connectivity index (χ2v) is 5.35. The fourth-order valence-electron chi connectivity index (χ4n) is 2.29. The van der Waals surface area contributed by atoms with Crippen LogP contribution >= 0.6 is 0 Å². The van der Waals surface area contributed by atoms with Crippen LogP contribution in [0.3, 0.4) is 0 Å². The first-order chi connectivity index (χ1) is 10.2. The van der Waals surface area contributed by atoms with Gasteiger partial charge in [-0.1, -0.05) is 19.1 Å². The molecule has 1 atom stereocenters. The summed E-state index contributed by atoms with van der Waals surface area (Å²) < 4.78 is 0. The van der Waals surface area contributed by atoms with E-state index in [1.807, 2.05) is 30.6 Å². The normalized spacial score (nSPS) is 12.1. The molecule has 0 spiro atoms. The third kappa shape index (κ3) is 4.53. The highest BCUT2D eigenvalue weighted by Crippen LogP contribution is 2.18. The molecule has 0 fully saturated rings. The topological polar surface area (TPSA) is 55.0 Å². The lowest BCUT2D eigenvalue weighted by Crippen LogP contribution is -2.26. The Hall–Kier alpha value is -1.94. The van der Waals surface area contributed by atoms with Crippen molar-refractivity contribution in [3.05, 3.63) is 54.0 Å². The number of pyridine rings is 2. The molecule has 0 aliphatic rings. The van der Waals surface area contributed by atoms with Crippen molar-refractivity contribution in [1.29, 1.82) is 0 Å². The summed E-state index contributed by atoms with van der Waals surface area (Å²) in [5.41, 5.74) is 8.40. The van der Waals surface area contributed by atoms with E-state index in [2.05, 4.69) is 41.0 Å². The van der Waals surface area contributed by atoms with Gasteiger partial charge in [-0.15, -0.1) is 0 Å². The average molecular weight is 284 g/mol. The van der Waals surface area contributed by atoms with E-state index in [9.17, 15) is 0 Å². The lowest BCUT2D eigenvalue weighted by molar-refractivity contribution is 0.643. The molecule has 2 aromatic heterocycles. The molecule has 0 bridgehead atoms. The van der Waals surface area contributed by atoms with Crippen LogP contribution in [-0.2, 0) is 12.8 Å². The summed E-state index contributed by atoms with van der Waals surface area (Å²) in [7, 11) is 2.08. The van der Waals surface area contributed by atoms with Crippen LogP contribution in [-0.4, -0.2) is 29.6 Å². The van der Waals surface area contributed by atoms with Crippen LogP contribution in [0.5, 0.6) is 0 Å². The Morgan fingerprint density at radius 2 is 1.95 bits per heavy atom. The highest BCUT2D eigenvalue weighted by atomic mass is 15.2. The lowest BCUT2D eigenvalue weighted by Gasteiger charge is -2.22. The predicted octanol–water partition coefficient (Wildman–Crippen LogP) is 2.44. The van der Waals surface area contributed by atoms with Crippen molar-refractivity contribution in [1.82, 2.24) is 9.97 Å². The third-order valence-corrected chi connectivity index (χ3v) is 3.67. The average Bonchev–Trinajstić information content (AvgIpc) is 2.54. The van der Waals surface area contributed by atoms with Gasteiger partial charge < -0.3 is 10.6 Å². The van der Waals surface area contributed by atoms with Crippen molar-refractivity contribution in [2.75, 3.05) is 18.5 Å². The molecule has 0 radical (unpaired) electrons. The molecule has 0 aliphatic heterocycles. The minimum atomic E-state index is 0.192. The summed E-state index contributed by atoms with van der Waals surface area (Å²) in [6, 6.07) is 10.3. The summed E-state index contributed by atoms with van der Waals surface area (Å²) in [5.74, 6) is 1.03. The number of anilines is 1. The van der Waals surface area contributed by atoms with E-state index in [0.29, 0.717) is 0 Å². The van der Waals surface area contributed by atoms with E-state index in [4.69, 9.17) is 5.73 Å². The van der Waals surface area contributed by atoms with E-state index in [1.54, 1.807) is 0 Å². The molecule has 21 heavy (non-hydrogen) atoms. The first-order valence-electron chi connectivity index (χ1n) is 7.51. The van der Waals surface area contributed by atoms with E-state index < -0.39 is 0 Å². The molecule has 0 aliphatic carbocycles. The Bertz CT molecular complexity index is 541. The Morgan fingerprint density at radius 1 is 1.14 bits per heavy atom. The molecule has 2 heterocycles. The quantitative estimate of drug-likeness (QED) is 0.848. The second-order valence-electron chi connectivity index (χ2n) is 5.35. The molecule has 4 heteroatoms. The molecule has 2 rings (SSSR count). The first kappa shape index (κ1) is 15.4. The molecule has 0 amide bonds. The van der Waals surface area contributed by atoms with Gasteiger partial charge in [0.25, 0.3) is 0 Å². The van der Waals surface area contributed by atoms with Crippen molar-refractivity contribution in [2.24, 2.45) is 5.73 Å². The van der Waals surface area contributed by atoms with E-state index in [-0.39, 0.29) is 6.04 Å². The minimum absolute atomic E-state index is 0.192. The number of rotatable bonds is 7. The maximum absolute atomic E-state index is 6.08. The zero-order valence-electron chi connectivity index (χ0n) is 12.9. The summed E-state index contributed by atoms with van der Waals surface area (Å²) >= 11 is 0. The smallest absolute Gasteiger partial charge is 0.131 e. The van der Waals surface area contributed by atoms with Gasteiger partial charge in [0.2, 0.25) is 0 Å². The maximum atomic E-state index is 6.08. The molecule has 0 aromatic carbocycles. The number of aromatic nitrogens is 2. The van der Waals surface area contributed by atoms with Gasteiger partial charge in [0, 0.05) is 44.1 Å². The van der Waals surface area contributed by atoms with Crippen molar-refractivity contribution < 1.29 is 0 Å². The Labute approximate surface area is 127 Å². The maximum Gasteiger partial charge on any atom is 0.131 e. The number of hydrogen-bond acceptors (Lipinski definition) is 4. The molecule has 4 nitrogen and oxygen atoms in total. The van der Waals surface area contributed by atoms with Gasteiger partial charge in [0.1, 0.15) is 5.82 Å². The van der Waals surface area contributed by atoms with Gasteiger partial charge in [-0.05, 0) is 36.6 Å². The van der Waals surface area contributed by atoms with Gasteiger partial charge in [0.15, 0.2) is 0 Å². The number of likely N-dealkylation sites (N-methyl/N-ethyl adjacent to an activating group) is 1. The van der Waals surface area contributed by atoms with Crippen LogP contribution in [0.15, 0.2) is 42.7 Å². The van der Waals surface area contributed by atoms with Crippen molar-refractivity contribution >= 4 is 5.82 Å². The van der Waals surface area contributed by atoms with Gasteiger partial charge in [-0.25, -0.2) is 4.98 Å². The summed E-state index contributed by atoms with van der Waals surface area (Å²) in [6.07, 6.45) is 6.43. The molecule has 112 valence electrons. The molecule has 0 saturated carbocycles. The minimum Gasteiger partial charge on any atom is -0.359 e. The van der Waals surface area contributed by atoms with Crippen molar-refractivity contribution in [2.45, 2.75) is 32.2 Å². The molecule has 1 unspecified atom stereocenters. The van der Waals surface area contributed by atoms with E-state index in [1.165, 1.54) is 5.56 Å². The Kier molecular flexibility index (Phi) is 5.69. The summed E-state index contributed by atoms with van der Waals surface area (Å²) in [4.78, 5) is 11.1. The zero-order chi connectivity index (χ0) is 15.1. The van der Waals surface area contributed by atoms with Gasteiger partial charge in [-0.2, -0.15) is 0 Å². The highest BCUT2D eigenvalue weighted by molar-refractivity contribution is 5.46. The largest absolute Gasteiger partial charge is 0.359 e. The standard InChI is InChI=1S/C17H24N4/c1-3-15(18)13-14-7-6-11-20-17(14)21(2)12-9-16-8-4-5-10-19-16/h4-8,10-11,15H,3,9,12-13,18H2,1-2H3. The molecule has 0 saturated heterocycles. The van der Waals surface area contributed by atoms with Crippen LogP contribution in [0.4, 0.5) is 5.82 Å². The molecule has 2 aromatic rings. The molecular formula is C17H24N4. The number of nitrogens with zero attached hydrogens (tertiary/aromatic N) is 3. The Morgan fingerprint density at radius 3 is 2.67 bits per heavy atom. The number of hydrogen-bond donors (Lipinski definition) is 1.